The molecule has 0 aliphatic rings. The summed E-state index contributed by atoms with van der Waals surface area (Å²) in [6, 6.07) is 13.0. The van der Waals surface area contributed by atoms with Crippen molar-refractivity contribution in [3.05, 3.63) is 58.1 Å². The van der Waals surface area contributed by atoms with Crippen LogP contribution in [0.3, 0.4) is 0 Å². The second-order valence-electron chi connectivity index (χ2n) is 4.39. The van der Waals surface area contributed by atoms with E-state index >= 15 is 0 Å². The van der Waals surface area contributed by atoms with Crippen molar-refractivity contribution in [2.24, 2.45) is 0 Å². The van der Waals surface area contributed by atoms with Gasteiger partial charge in [-0.1, -0.05) is 46.6 Å². The van der Waals surface area contributed by atoms with Crippen molar-refractivity contribution in [1.82, 2.24) is 10.1 Å². The predicted octanol–water partition coefficient (Wildman–Crippen LogP) is 5.02. The van der Waals surface area contributed by atoms with E-state index in [1.807, 2.05) is 43.3 Å². The molecule has 2 aromatic carbocycles. The van der Waals surface area contributed by atoms with Gasteiger partial charge in [-0.2, -0.15) is 4.98 Å². The molecule has 0 aliphatic carbocycles. The van der Waals surface area contributed by atoms with E-state index < -0.39 is 0 Å². The van der Waals surface area contributed by atoms with E-state index in [1.165, 1.54) is 0 Å². The van der Waals surface area contributed by atoms with Gasteiger partial charge < -0.3 is 4.52 Å². The highest BCUT2D eigenvalue weighted by molar-refractivity contribution is 6.33. The quantitative estimate of drug-likeness (QED) is 0.667. The highest BCUT2D eigenvalue weighted by Gasteiger charge is 2.14. The van der Waals surface area contributed by atoms with Crippen molar-refractivity contribution in [2.75, 3.05) is 0 Å². The molecule has 20 heavy (non-hydrogen) atoms. The van der Waals surface area contributed by atoms with Gasteiger partial charge in [0.25, 0.3) is 5.89 Å². The first-order chi connectivity index (χ1) is 9.65. The molecule has 5 heteroatoms. The molecule has 0 fully saturated rings. The molecule has 0 atom stereocenters. The van der Waals surface area contributed by atoms with E-state index in [1.54, 1.807) is 6.07 Å². The lowest BCUT2D eigenvalue weighted by Gasteiger charge is -1.99. The zero-order valence-electron chi connectivity index (χ0n) is 10.6. The van der Waals surface area contributed by atoms with Crippen LogP contribution in [0, 0.1) is 6.92 Å². The number of halogens is 2. The number of hydrogen-bond acceptors (Lipinski definition) is 3. The Hall–Kier alpha value is -1.84. The molecule has 3 rings (SSSR count). The predicted molar refractivity (Wildman–Crippen MR) is 79.9 cm³/mol. The summed E-state index contributed by atoms with van der Waals surface area (Å²) in [5.74, 6) is 0.826. The number of rotatable bonds is 2. The minimum absolute atomic E-state index is 0.380. The van der Waals surface area contributed by atoms with E-state index in [2.05, 4.69) is 10.1 Å². The smallest absolute Gasteiger partial charge is 0.259 e. The monoisotopic (exact) mass is 304 g/mol. The van der Waals surface area contributed by atoms with Crippen molar-refractivity contribution < 1.29 is 4.52 Å². The van der Waals surface area contributed by atoms with Crippen LogP contribution in [0.15, 0.2) is 47.0 Å². The summed E-state index contributed by atoms with van der Waals surface area (Å²) in [5.41, 5.74) is 2.51. The molecular weight excluding hydrogens is 295 g/mol. The standard InChI is InChI=1S/C15H10Cl2N2O/c1-9-6-7-11(13(17)8-9)15-18-14(19-20-15)10-4-2-3-5-12(10)16/h2-8H,1H3. The van der Waals surface area contributed by atoms with Crippen LogP contribution in [0.2, 0.25) is 10.0 Å². The number of hydrogen-bond donors (Lipinski definition) is 0. The zero-order chi connectivity index (χ0) is 14.1. The van der Waals surface area contributed by atoms with Crippen LogP contribution in [0.1, 0.15) is 5.56 Å². The van der Waals surface area contributed by atoms with Crippen LogP contribution in [0.5, 0.6) is 0 Å². The summed E-state index contributed by atoms with van der Waals surface area (Å²) in [7, 11) is 0. The summed E-state index contributed by atoms with van der Waals surface area (Å²) in [6.45, 7) is 1.97. The molecule has 0 bridgehead atoms. The summed E-state index contributed by atoms with van der Waals surface area (Å²) < 4.78 is 5.28. The maximum Gasteiger partial charge on any atom is 0.259 e. The minimum atomic E-state index is 0.380. The normalized spacial score (nSPS) is 10.8. The number of aromatic nitrogens is 2. The molecule has 3 nitrogen and oxygen atoms in total. The van der Waals surface area contributed by atoms with Crippen LogP contribution in [-0.4, -0.2) is 10.1 Å². The van der Waals surface area contributed by atoms with Crippen molar-refractivity contribution in [1.29, 1.82) is 0 Å². The van der Waals surface area contributed by atoms with Crippen LogP contribution < -0.4 is 0 Å². The zero-order valence-corrected chi connectivity index (χ0v) is 12.1. The molecule has 0 saturated carbocycles. The topological polar surface area (TPSA) is 38.9 Å². The number of aryl methyl sites for hydroxylation is 1. The first-order valence-electron chi connectivity index (χ1n) is 6.00. The van der Waals surface area contributed by atoms with Crippen molar-refractivity contribution in [3.8, 4) is 22.8 Å². The fourth-order valence-electron chi connectivity index (χ4n) is 1.88. The Kier molecular flexibility index (Phi) is 3.47. The van der Waals surface area contributed by atoms with Gasteiger partial charge in [-0.3, -0.25) is 0 Å². The summed E-state index contributed by atoms with van der Waals surface area (Å²) in [6.07, 6.45) is 0. The van der Waals surface area contributed by atoms with Crippen LogP contribution in [0.4, 0.5) is 0 Å². The maximum absolute atomic E-state index is 6.20. The lowest BCUT2D eigenvalue weighted by molar-refractivity contribution is 0.432. The van der Waals surface area contributed by atoms with E-state index in [4.69, 9.17) is 27.7 Å². The van der Waals surface area contributed by atoms with Gasteiger partial charge in [0.15, 0.2) is 0 Å². The average Bonchev–Trinajstić information content (AvgIpc) is 2.88. The fourth-order valence-corrected chi connectivity index (χ4v) is 2.41. The van der Waals surface area contributed by atoms with E-state index in [-0.39, 0.29) is 0 Å². The molecule has 0 N–H and O–H groups in total. The Morgan fingerprint density at radius 1 is 0.950 bits per heavy atom. The Morgan fingerprint density at radius 3 is 2.50 bits per heavy atom. The van der Waals surface area contributed by atoms with Gasteiger partial charge in [-0.05, 0) is 36.8 Å². The average molecular weight is 305 g/mol. The molecular formula is C15H10Cl2N2O. The van der Waals surface area contributed by atoms with Crippen molar-refractivity contribution in [3.63, 3.8) is 0 Å². The number of benzene rings is 2. The first-order valence-corrected chi connectivity index (χ1v) is 6.76. The Balaban J connectivity index is 2.04. The third-order valence-corrected chi connectivity index (χ3v) is 3.54. The van der Waals surface area contributed by atoms with Gasteiger partial charge in [-0.25, -0.2) is 0 Å². The molecule has 1 heterocycles. The van der Waals surface area contributed by atoms with Gasteiger partial charge in [0.05, 0.1) is 15.6 Å². The fraction of sp³-hybridized carbons (Fsp3) is 0.0667. The first kappa shape index (κ1) is 13.2. The minimum Gasteiger partial charge on any atom is -0.334 e. The van der Waals surface area contributed by atoms with E-state index in [0.29, 0.717) is 27.3 Å². The second kappa shape index (κ2) is 5.27. The van der Waals surface area contributed by atoms with Gasteiger partial charge in [0.2, 0.25) is 5.82 Å². The summed E-state index contributed by atoms with van der Waals surface area (Å²) >= 11 is 12.3. The van der Waals surface area contributed by atoms with Crippen LogP contribution in [0.25, 0.3) is 22.8 Å². The molecule has 3 aromatic rings. The van der Waals surface area contributed by atoms with Gasteiger partial charge >= 0.3 is 0 Å². The molecule has 1 aromatic heterocycles. The third-order valence-electron chi connectivity index (χ3n) is 2.90. The third kappa shape index (κ3) is 2.42. The molecule has 0 saturated heterocycles. The van der Waals surface area contributed by atoms with Crippen molar-refractivity contribution in [2.45, 2.75) is 6.92 Å². The van der Waals surface area contributed by atoms with Gasteiger partial charge in [-0.15, -0.1) is 0 Å². The highest BCUT2D eigenvalue weighted by atomic mass is 35.5. The van der Waals surface area contributed by atoms with E-state index in [9.17, 15) is 0 Å². The highest BCUT2D eigenvalue weighted by Crippen LogP contribution is 2.31. The molecule has 0 radical (unpaired) electrons. The van der Waals surface area contributed by atoms with Crippen LogP contribution in [-0.2, 0) is 0 Å². The largest absolute Gasteiger partial charge is 0.334 e. The summed E-state index contributed by atoms with van der Waals surface area (Å²) in [4.78, 5) is 4.36. The van der Waals surface area contributed by atoms with Crippen molar-refractivity contribution >= 4 is 23.2 Å². The van der Waals surface area contributed by atoms with Crippen LogP contribution >= 0.6 is 23.2 Å². The Bertz CT molecular complexity index is 768. The van der Waals surface area contributed by atoms with Gasteiger partial charge in [0, 0.05) is 5.56 Å². The second-order valence-corrected chi connectivity index (χ2v) is 5.20. The number of nitrogens with zero attached hydrogens (tertiary/aromatic N) is 2. The summed E-state index contributed by atoms with van der Waals surface area (Å²) in [5, 5.41) is 5.12. The lowest BCUT2D eigenvalue weighted by Crippen LogP contribution is -1.83. The molecule has 0 unspecified atom stereocenters. The molecule has 100 valence electrons. The Labute approximate surface area is 126 Å². The maximum atomic E-state index is 6.20. The van der Waals surface area contributed by atoms with E-state index in [0.717, 1.165) is 11.1 Å². The Morgan fingerprint density at radius 2 is 1.75 bits per heavy atom. The SMILES string of the molecule is Cc1ccc(-c2nc(-c3ccccc3Cl)no2)c(Cl)c1. The molecule has 0 aliphatic heterocycles. The lowest BCUT2D eigenvalue weighted by atomic mass is 10.1. The molecule has 0 amide bonds. The molecule has 0 spiro atoms. The van der Waals surface area contributed by atoms with Gasteiger partial charge in [0.1, 0.15) is 0 Å².